The first-order chi connectivity index (χ1) is 14.4. The Kier molecular flexibility index (Phi) is 6.54. The number of hydrogen-bond donors (Lipinski definition) is 1. The zero-order valence-electron chi connectivity index (χ0n) is 16.6. The van der Waals surface area contributed by atoms with E-state index in [1.807, 2.05) is 13.8 Å². The number of morpholine rings is 1. The van der Waals surface area contributed by atoms with Crippen molar-refractivity contribution in [2.75, 3.05) is 17.8 Å². The van der Waals surface area contributed by atoms with Crippen LogP contribution in [-0.2, 0) is 20.9 Å². The van der Waals surface area contributed by atoms with Crippen LogP contribution in [0.5, 0.6) is 0 Å². The molecule has 0 saturated carbocycles. The van der Waals surface area contributed by atoms with Gasteiger partial charge in [0.1, 0.15) is 0 Å². The zero-order valence-corrected chi connectivity index (χ0v) is 18.2. The Balaban J connectivity index is 1.93. The van der Waals surface area contributed by atoms with E-state index in [4.69, 9.17) is 16.3 Å². The molecule has 0 aromatic heterocycles. The SMILES string of the molecule is CC1CN(C(=O)c2ccccc2NS(=O)(=O)c2ccc(Cl)c(C(F)(F)F)c2)CC(C)O1. The number of halogens is 4. The van der Waals surface area contributed by atoms with Crippen LogP contribution in [0.3, 0.4) is 0 Å². The van der Waals surface area contributed by atoms with Gasteiger partial charge in [0.2, 0.25) is 0 Å². The second kappa shape index (κ2) is 8.68. The molecule has 1 N–H and O–H groups in total. The van der Waals surface area contributed by atoms with Crippen LogP contribution in [0.15, 0.2) is 47.4 Å². The fraction of sp³-hybridized carbons (Fsp3) is 0.350. The van der Waals surface area contributed by atoms with Gasteiger partial charge in [0.25, 0.3) is 15.9 Å². The van der Waals surface area contributed by atoms with Gasteiger partial charge in [-0.25, -0.2) is 8.42 Å². The van der Waals surface area contributed by atoms with Crippen LogP contribution in [0.4, 0.5) is 18.9 Å². The molecule has 11 heteroatoms. The summed E-state index contributed by atoms with van der Waals surface area (Å²) in [5.74, 6) is -0.410. The van der Waals surface area contributed by atoms with E-state index in [2.05, 4.69) is 4.72 Å². The minimum absolute atomic E-state index is 0.0391. The molecule has 3 rings (SSSR count). The van der Waals surface area contributed by atoms with Gasteiger partial charge in [-0.2, -0.15) is 13.2 Å². The predicted molar refractivity (Wildman–Crippen MR) is 110 cm³/mol. The lowest BCUT2D eigenvalue weighted by Gasteiger charge is -2.35. The summed E-state index contributed by atoms with van der Waals surface area (Å²) in [6.07, 6.45) is -5.20. The van der Waals surface area contributed by atoms with E-state index >= 15 is 0 Å². The molecule has 1 aliphatic heterocycles. The van der Waals surface area contributed by atoms with Crippen LogP contribution in [0.25, 0.3) is 0 Å². The van der Waals surface area contributed by atoms with Gasteiger partial charge >= 0.3 is 6.18 Å². The molecule has 2 aromatic rings. The lowest BCUT2D eigenvalue weighted by molar-refractivity contribution is -0.137. The third-order valence-corrected chi connectivity index (χ3v) is 6.35. The Labute approximate surface area is 183 Å². The average Bonchev–Trinajstić information content (AvgIpc) is 2.66. The Morgan fingerprint density at radius 3 is 2.35 bits per heavy atom. The number of sulfonamides is 1. The van der Waals surface area contributed by atoms with Gasteiger partial charge in [0.05, 0.1) is 38.9 Å². The van der Waals surface area contributed by atoms with Crippen LogP contribution < -0.4 is 4.72 Å². The average molecular weight is 477 g/mol. The highest BCUT2D eigenvalue weighted by Crippen LogP contribution is 2.36. The number of amides is 1. The normalized spacial score (nSPS) is 19.9. The van der Waals surface area contributed by atoms with Gasteiger partial charge in [-0.1, -0.05) is 23.7 Å². The van der Waals surface area contributed by atoms with Crippen molar-refractivity contribution in [3.63, 3.8) is 0 Å². The second-order valence-electron chi connectivity index (χ2n) is 7.26. The van der Waals surface area contributed by atoms with Gasteiger partial charge in [-0.15, -0.1) is 0 Å². The highest BCUT2D eigenvalue weighted by atomic mass is 35.5. The summed E-state index contributed by atoms with van der Waals surface area (Å²) in [6.45, 7) is 4.30. The largest absolute Gasteiger partial charge is 0.417 e. The van der Waals surface area contributed by atoms with Gasteiger partial charge in [-0.3, -0.25) is 9.52 Å². The van der Waals surface area contributed by atoms with Gasteiger partial charge < -0.3 is 9.64 Å². The lowest BCUT2D eigenvalue weighted by atomic mass is 10.1. The monoisotopic (exact) mass is 476 g/mol. The third kappa shape index (κ3) is 5.31. The maximum absolute atomic E-state index is 13.1. The first-order valence-corrected chi connectivity index (χ1v) is 11.2. The minimum Gasteiger partial charge on any atom is -0.372 e. The van der Waals surface area contributed by atoms with Crippen molar-refractivity contribution in [2.24, 2.45) is 0 Å². The van der Waals surface area contributed by atoms with Crippen molar-refractivity contribution in [3.8, 4) is 0 Å². The van der Waals surface area contributed by atoms with E-state index in [9.17, 15) is 26.4 Å². The minimum atomic E-state index is -4.82. The summed E-state index contributed by atoms with van der Waals surface area (Å²) in [7, 11) is -4.43. The summed E-state index contributed by atoms with van der Waals surface area (Å²) in [4.78, 5) is 14.0. The summed E-state index contributed by atoms with van der Waals surface area (Å²) in [6, 6.07) is 8.21. The lowest BCUT2D eigenvalue weighted by Crippen LogP contribution is -2.48. The van der Waals surface area contributed by atoms with E-state index in [1.54, 1.807) is 11.0 Å². The Morgan fingerprint density at radius 1 is 1.13 bits per heavy atom. The van der Waals surface area contributed by atoms with Crippen molar-refractivity contribution >= 4 is 33.2 Å². The Morgan fingerprint density at radius 2 is 1.74 bits per heavy atom. The summed E-state index contributed by atoms with van der Waals surface area (Å²) >= 11 is 5.57. The second-order valence-corrected chi connectivity index (χ2v) is 9.35. The fourth-order valence-electron chi connectivity index (χ4n) is 3.37. The van der Waals surface area contributed by atoms with Crippen molar-refractivity contribution in [1.82, 2.24) is 4.90 Å². The van der Waals surface area contributed by atoms with Gasteiger partial charge in [0.15, 0.2) is 0 Å². The zero-order chi connectivity index (χ0) is 23.0. The molecular formula is C20H20ClF3N2O4S. The molecule has 1 heterocycles. The maximum atomic E-state index is 13.1. The maximum Gasteiger partial charge on any atom is 0.417 e. The number of alkyl halides is 3. The van der Waals surface area contributed by atoms with Crippen LogP contribution in [0.2, 0.25) is 5.02 Å². The number of anilines is 1. The van der Waals surface area contributed by atoms with Gasteiger partial charge in [-0.05, 0) is 44.2 Å². The molecule has 6 nitrogen and oxygen atoms in total. The van der Waals surface area contributed by atoms with E-state index in [-0.39, 0.29) is 23.5 Å². The highest BCUT2D eigenvalue weighted by molar-refractivity contribution is 7.92. The molecule has 2 unspecified atom stereocenters. The molecule has 0 aliphatic carbocycles. The van der Waals surface area contributed by atoms with E-state index in [1.165, 1.54) is 18.2 Å². The van der Waals surface area contributed by atoms with E-state index in [0.717, 1.165) is 12.1 Å². The van der Waals surface area contributed by atoms with Crippen LogP contribution >= 0.6 is 11.6 Å². The number of nitrogens with one attached hydrogen (secondary N) is 1. The predicted octanol–water partition coefficient (Wildman–Crippen LogP) is 4.41. The Hall–Kier alpha value is -2.30. The van der Waals surface area contributed by atoms with Crippen LogP contribution in [0, 0.1) is 0 Å². The van der Waals surface area contributed by atoms with E-state index < -0.39 is 37.6 Å². The number of nitrogens with zero attached hydrogens (tertiary/aromatic N) is 1. The Bertz CT molecular complexity index is 1080. The molecule has 168 valence electrons. The number of carbonyl (C=O) groups excluding carboxylic acids is 1. The first-order valence-electron chi connectivity index (χ1n) is 9.32. The quantitative estimate of drug-likeness (QED) is 0.709. The summed E-state index contributed by atoms with van der Waals surface area (Å²) in [5.41, 5.74) is -1.22. The topological polar surface area (TPSA) is 75.7 Å². The number of ether oxygens (including phenoxy) is 1. The number of hydrogen-bond acceptors (Lipinski definition) is 4. The van der Waals surface area contributed by atoms with Crippen LogP contribution in [-0.4, -0.2) is 44.5 Å². The molecule has 1 amide bonds. The number of benzene rings is 2. The smallest absolute Gasteiger partial charge is 0.372 e. The summed E-state index contributed by atoms with van der Waals surface area (Å²) in [5, 5.41) is -0.613. The molecule has 1 aliphatic rings. The number of rotatable bonds is 4. The molecular weight excluding hydrogens is 457 g/mol. The number of carbonyl (C=O) groups is 1. The molecule has 2 atom stereocenters. The van der Waals surface area contributed by atoms with Crippen molar-refractivity contribution in [3.05, 3.63) is 58.6 Å². The van der Waals surface area contributed by atoms with Crippen molar-refractivity contribution in [2.45, 2.75) is 37.1 Å². The standard InChI is InChI=1S/C20H20ClF3N2O4S/c1-12-10-26(11-13(2)30-12)19(27)15-5-3-4-6-18(15)25-31(28,29)14-7-8-17(21)16(9-14)20(22,23)24/h3-9,12-13,25H,10-11H2,1-2H3. The van der Waals surface area contributed by atoms with Crippen molar-refractivity contribution < 1.29 is 31.1 Å². The molecule has 0 spiro atoms. The number of para-hydroxylation sites is 1. The van der Waals surface area contributed by atoms with Gasteiger partial charge in [0, 0.05) is 13.1 Å². The van der Waals surface area contributed by atoms with Crippen LogP contribution in [0.1, 0.15) is 29.8 Å². The molecule has 1 saturated heterocycles. The molecule has 2 aromatic carbocycles. The van der Waals surface area contributed by atoms with Crippen molar-refractivity contribution in [1.29, 1.82) is 0 Å². The third-order valence-electron chi connectivity index (χ3n) is 4.66. The molecule has 0 radical (unpaired) electrons. The van der Waals surface area contributed by atoms with E-state index in [0.29, 0.717) is 19.2 Å². The molecule has 0 bridgehead atoms. The molecule has 1 fully saturated rings. The summed E-state index contributed by atoms with van der Waals surface area (Å²) < 4.78 is 72.8. The molecule has 31 heavy (non-hydrogen) atoms. The first kappa shape index (κ1) is 23.4. The highest BCUT2D eigenvalue weighted by Gasteiger charge is 2.35. The fourth-order valence-corrected chi connectivity index (χ4v) is 4.70.